The first-order valence-electron chi connectivity index (χ1n) is 6.22. The molecule has 0 unspecified atom stereocenters. The Kier molecular flexibility index (Phi) is 4.89. The molecule has 0 radical (unpaired) electrons. The van der Waals surface area contributed by atoms with Crippen LogP contribution in [-0.4, -0.2) is 23.6 Å². The summed E-state index contributed by atoms with van der Waals surface area (Å²) in [5, 5.41) is 10.3. The van der Waals surface area contributed by atoms with Crippen molar-refractivity contribution < 1.29 is 9.84 Å². The third-order valence-electron chi connectivity index (χ3n) is 3.19. The molecule has 2 nitrogen and oxygen atoms in total. The van der Waals surface area contributed by atoms with Crippen LogP contribution in [0.3, 0.4) is 0 Å². The zero-order valence-corrected chi connectivity index (χ0v) is 11.1. The van der Waals surface area contributed by atoms with Crippen molar-refractivity contribution in [1.82, 2.24) is 0 Å². The number of hydrogen-bond donors (Lipinski definition) is 1. The van der Waals surface area contributed by atoms with E-state index in [0.29, 0.717) is 11.9 Å². The Labute approximate surface area is 107 Å². The zero-order chi connectivity index (χ0) is 12.1. The number of thioether (sulfide) groups is 1. The quantitative estimate of drug-likeness (QED) is 0.892. The fourth-order valence-electron chi connectivity index (χ4n) is 2.22. The van der Waals surface area contributed by atoms with Gasteiger partial charge in [-0.1, -0.05) is 25.0 Å². The average molecular weight is 252 g/mol. The molecule has 3 heteroatoms. The van der Waals surface area contributed by atoms with Crippen LogP contribution in [0.25, 0.3) is 0 Å². The first-order valence-corrected chi connectivity index (χ1v) is 7.10. The second-order valence-electron chi connectivity index (χ2n) is 4.59. The molecule has 1 aromatic carbocycles. The summed E-state index contributed by atoms with van der Waals surface area (Å²) in [4.78, 5) is 1.25. The molecule has 0 amide bonds. The van der Waals surface area contributed by atoms with E-state index in [9.17, 15) is 5.11 Å². The highest BCUT2D eigenvalue weighted by molar-refractivity contribution is 8.00. The van der Waals surface area contributed by atoms with E-state index in [4.69, 9.17) is 4.74 Å². The van der Waals surface area contributed by atoms with Crippen LogP contribution in [0.2, 0.25) is 0 Å². The molecule has 2 atom stereocenters. The summed E-state index contributed by atoms with van der Waals surface area (Å²) >= 11 is 1.81. The lowest BCUT2D eigenvalue weighted by molar-refractivity contribution is 0.137. The monoisotopic (exact) mass is 252 g/mol. The predicted octanol–water partition coefficient (Wildman–Crippen LogP) is 3.23. The molecule has 0 bridgehead atoms. The van der Waals surface area contributed by atoms with Crippen molar-refractivity contribution in [1.29, 1.82) is 0 Å². The highest BCUT2D eigenvalue weighted by atomic mass is 32.2. The van der Waals surface area contributed by atoms with Crippen LogP contribution in [0, 0.1) is 0 Å². The topological polar surface area (TPSA) is 29.5 Å². The van der Waals surface area contributed by atoms with E-state index in [-0.39, 0.29) is 6.10 Å². The van der Waals surface area contributed by atoms with Gasteiger partial charge in [-0.05, 0) is 30.5 Å². The minimum atomic E-state index is -0.132. The van der Waals surface area contributed by atoms with Gasteiger partial charge in [-0.15, -0.1) is 11.8 Å². The normalized spacial score (nSPS) is 24.8. The number of methoxy groups -OCH3 is 1. The van der Waals surface area contributed by atoms with Gasteiger partial charge in [0.05, 0.1) is 12.7 Å². The van der Waals surface area contributed by atoms with Crippen molar-refractivity contribution in [2.75, 3.05) is 7.11 Å². The number of hydrogen-bond acceptors (Lipinski definition) is 3. The standard InChI is InChI=1S/C14H20O2S/c1-16-10-11-6-8-12(9-7-11)17-14-5-3-2-4-13(14)15/h6-9,13-15H,2-5,10H2,1H3/t13-,14+/m1/s1. The summed E-state index contributed by atoms with van der Waals surface area (Å²) < 4.78 is 5.09. The number of ether oxygens (including phenoxy) is 1. The molecule has 2 rings (SSSR count). The number of benzene rings is 1. The summed E-state index contributed by atoms with van der Waals surface area (Å²) in [6, 6.07) is 8.45. The van der Waals surface area contributed by atoms with E-state index >= 15 is 0 Å². The second-order valence-corrected chi connectivity index (χ2v) is 5.90. The highest BCUT2D eigenvalue weighted by Crippen LogP contribution is 2.33. The Morgan fingerprint density at radius 2 is 1.94 bits per heavy atom. The summed E-state index contributed by atoms with van der Waals surface area (Å²) in [6.45, 7) is 0.664. The van der Waals surface area contributed by atoms with E-state index in [1.165, 1.54) is 23.3 Å². The average Bonchev–Trinajstić information content (AvgIpc) is 2.35. The highest BCUT2D eigenvalue weighted by Gasteiger charge is 2.23. The maximum atomic E-state index is 9.93. The molecular weight excluding hydrogens is 232 g/mol. The fourth-order valence-corrected chi connectivity index (χ4v) is 3.44. The van der Waals surface area contributed by atoms with Gasteiger partial charge < -0.3 is 9.84 Å². The molecule has 0 spiro atoms. The van der Waals surface area contributed by atoms with Crippen molar-refractivity contribution in [2.24, 2.45) is 0 Å². The first kappa shape index (κ1) is 12.9. The van der Waals surface area contributed by atoms with Crippen LogP contribution in [0.15, 0.2) is 29.2 Å². The van der Waals surface area contributed by atoms with Crippen LogP contribution in [0.5, 0.6) is 0 Å². The Bertz CT molecular complexity index is 337. The lowest BCUT2D eigenvalue weighted by Gasteiger charge is -2.26. The molecule has 17 heavy (non-hydrogen) atoms. The molecule has 0 saturated heterocycles. The molecule has 1 N–H and O–H groups in total. The Morgan fingerprint density at radius 3 is 2.59 bits per heavy atom. The minimum absolute atomic E-state index is 0.132. The summed E-state index contributed by atoms with van der Waals surface area (Å²) in [5.74, 6) is 0. The van der Waals surface area contributed by atoms with E-state index in [1.807, 2.05) is 11.8 Å². The molecule has 1 saturated carbocycles. The first-order chi connectivity index (χ1) is 8.29. The van der Waals surface area contributed by atoms with Crippen molar-refractivity contribution in [2.45, 2.75) is 48.5 Å². The number of aliphatic hydroxyl groups excluding tert-OH is 1. The third kappa shape index (κ3) is 3.73. The Hall–Kier alpha value is -0.510. The van der Waals surface area contributed by atoms with Gasteiger partial charge in [0, 0.05) is 17.3 Å². The van der Waals surface area contributed by atoms with Crippen molar-refractivity contribution >= 4 is 11.8 Å². The van der Waals surface area contributed by atoms with Gasteiger partial charge in [-0.3, -0.25) is 0 Å². The maximum Gasteiger partial charge on any atom is 0.0713 e. The van der Waals surface area contributed by atoms with Crippen LogP contribution in [0.4, 0.5) is 0 Å². The van der Waals surface area contributed by atoms with Gasteiger partial charge in [0.25, 0.3) is 0 Å². The molecule has 1 aliphatic rings. The fraction of sp³-hybridized carbons (Fsp3) is 0.571. The van der Waals surface area contributed by atoms with Gasteiger partial charge in [-0.25, -0.2) is 0 Å². The van der Waals surface area contributed by atoms with Gasteiger partial charge in [0.1, 0.15) is 0 Å². The van der Waals surface area contributed by atoms with E-state index < -0.39 is 0 Å². The van der Waals surface area contributed by atoms with E-state index in [2.05, 4.69) is 24.3 Å². The van der Waals surface area contributed by atoms with E-state index in [1.54, 1.807) is 7.11 Å². The molecule has 0 heterocycles. The largest absolute Gasteiger partial charge is 0.392 e. The SMILES string of the molecule is COCc1ccc(S[C@H]2CCCC[C@H]2O)cc1. The number of rotatable bonds is 4. The summed E-state index contributed by atoms with van der Waals surface area (Å²) in [6.07, 6.45) is 4.37. The summed E-state index contributed by atoms with van der Waals surface area (Å²) in [7, 11) is 1.71. The Morgan fingerprint density at radius 1 is 1.24 bits per heavy atom. The minimum Gasteiger partial charge on any atom is -0.392 e. The molecule has 1 aromatic rings. The van der Waals surface area contributed by atoms with Gasteiger partial charge in [0.2, 0.25) is 0 Å². The molecule has 1 aliphatic carbocycles. The van der Waals surface area contributed by atoms with Crippen LogP contribution >= 0.6 is 11.8 Å². The van der Waals surface area contributed by atoms with Gasteiger partial charge >= 0.3 is 0 Å². The van der Waals surface area contributed by atoms with Crippen molar-refractivity contribution in [3.8, 4) is 0 Å². The number of aliphatic hydroxyl groups is 1. The van der Waals surface area contributed by atoms with Crippen LogP contribution in [0.1, 0.15) is 31.2 Å². The molecule has 94 valence electrons. The van der Waals surface area contributed by atoms with Crippen LogP contribution in [-0.2, 0) is 11.3 Å². The summed E-state index contributed by atoms with van der Waals surface area (Å²) in [5.41, 5.74) is 1.20. The van der Waals surface area contributed by atoms with Crippen molar-refractivity contribution in [3.63, 3.8) is 0 Å². The maximum absolute atomic E-state index is 9.93. The second kappa shape index (κ2) is 6.43. The van der Waals surface area contributed by atoms with Gasteiger partial charge in [-0.2, -0.15) is 0 Å². The molecule has 0 aromatic heterocycles. The predicted molar refractivity (Wildman–Crippen MR) is 71.3 cm³/mol. The molecular formula is C14H20O2S. The van der Waals surface area contributed by atoms with Crippen molar-refractivity contribution in [3.05, 3.63) is 29.8 Å². The smallest absolute Gasteiger partial charge is 0.0713 e. The van der Waals surface area contributed by atoms with E-state index in [0.717, 1.165) is 12.8 Å². The lowest BCUT2D eigenvalue weighted by atomic mass is 9.97. The van der Waals surface area contributed by atoms with Crippen LogP contribution < -0.4 is 0 Å². The van der Waals surface area contributed by atoms with Gasteiger partial charge in [0.15, 0.2) is 0 Å². The lowest BCUT2D eigenvalue weighted by Crippen LogP contribution is -2.26. The molecule has 1 fully saturated rings. The Balaban J connectivity index is 1.93. The molecule has 0 aliphatic heterocycles. The zero-order valence-electron chi connectivity index (χ0n) is 10.3. The third-order valence-corrected chi connectivity index (χ3v) is 4.59.